The fourth-order valence-electron chi connectivity index (χ4n) is 1.14. The molecule has 3 N–H and O–H groups in total. The Balaban J connectivity index is 3.41. The minimum absolute atomic E-state index is 0.280. The van der Waals surface area contributed by atoms with E-state index in [2.05, 4.69) is 11.8 Å². The summed E-state index contributed by atoms with van der Waals surface area (Å²) in [6.07, 6.45) is 1.66. The highest BCUT2D eigenvalue weighted by atomic mass is 16.5. The van der Waals surface area contributed by atoms with Crippen LogP contribution in [0.5, 0.6) is 0 Å². The molecule has 78 valence electrons. The summed E-state index contributed by atoms with van der Waals surface area (Å²) in [7, 11) is 1.71. The Morgan fingerprint density at radius 3 is 2.62 bits per heavy atom. The molecule has 0 aromatic rings. The topological polar surface area (TPSA) is 62.3 Å². The van der Waals surface area contributed by atoms with E-state index in [9.17, 15) is 0 Å². The van der Waals surface area contributed by atoms with Crippen LogP contribution in [0.15, 0.2) is 0 Å². The standard InChI is InChI=1S/C9H21N3O/c1-3-12(7-8-13-2)6-4-5-9(10)11/h3-8H2,1-2H3,(H3,10,11). The van der Waals surface area contributed by atoms with Crippen LogP contribution in [0.3, 0.4) is 0 Å². The molecule has 0 bridgehead atoms. The van der Waals surface area contributed by atoms with E-state index >= 15 is 0 Å². The number of rotatable bonds is 8. The molecule has 0 unspecified atom stereocenters. The summed E-state index contributed by atoms with van der Waals surface area (Å²) in [5.41, 5.74) is 5.26. The van der Waals surface area contributed by atoms with E-state index in [1.807, 2.05) is 0 Å². The normalized spacial score (nSPS) is 10.7. The maximum atomic E-state index is 7.07. The van der Waals surface area contributed by atoms with Gasteiger partial charge < -0.3 is 15.4 Å². The van der Waals surface area contributed by atoms with Crippen molar-refractivity contribution in [3.63, 3.8) is 0 Å². The Labute approximate surface area is 80.6 Å². The zero-order chi connectivity index (χ0) is 10.1. The molecule has 0 heterocycles. The van der Waals surface area contributed by atoms with Crippen molar-refractivity contribution in [1.82, 2.24) is 4.90 Å². The summed E-state index contributed by atoms with van der Waals surface area (Å²) in [5, 5.41) is 7.07. The molecular formula is C9H21N3O. The number of hydrogen-bond donors (Lipinski definition) is 2. The van der Waals surface area contributed by atoms with Gasteiger partial charge in [0.15, 0.2) is 0 Å². The lowest BCUT2D eigenvalue weighted by atomic mass is 10.3. The van der Waals surface area contributed by atoms with Crippen molar-refractivity contribution in [1.29, 1.82) is 5.41 Å². The van der Waals surface area contributed by atoms with Gasteiger partial charge in [-0.05, 0) is 19.5 Å². The summed E-state index contributed by atoms with van der Waals surface area (Å²) in [6.45, 7) is 5.89. The van der Waals surface area contributed by atoms with Crippen molar-refractivity contribution in [2.45, 2.75) is 19.8 Å². The zero-order valence-electron chi connectivity index (χ0n) is 8.68. The third-order valence-electron chi connectivity index (χ3n) is 1.98. The van der Waals surface area contributed by atoms with Crippen LogP contribution in [0, 0.1) is 5.41 Å². The summed E-state index contributed by atoms with van der Waals surface area (Å²) >= 11 is 0. The molecule has 13 heavy (non-hydrogen) atoms. The minimum atomic E-state index is 0.280. The van der Waals surface area contributed by atoms with Crippen LogP contribution < -0.4 is 5.73 Å². The molecule has 0 atom stereocenters. The molecule has 0 aromatic heterocycles. The maximum Gasteiger partial charge on any atom is 0.0905 e. The Hall–Kier alpha value is -0.610. The van der Waals surface area contributed by atoms with Crippen molar-refractivity contribution in [3.8, 4) is 0 Å². The predicted molar refractivity (Wildman–Crippen MR) is 55.1 cm³/mol. The van der Waals surface area contributed by atoms with Crippen LogP contribution in [0.25, 0.3) is 0 Å². The quantitative estimate of drug-likeness (QED) is 0.433. The number of methoxy groups -OCH3 is 1. The number of hydrogen-bond acceptors (Lipinski definition) is 3. The first kappa shape index (κ1) is 12.4. The fourth-order valence-corrected chi connectivity index (χ4v) is 1.14. The van der Waals surface area contributed by atoms with Crippen molar-refractivity contribution >= 4 is 5.84 Å². The second-order valence-corrected chi connectivity index (χ2v) is 3.06. The van der Waals surface area contributed by atoms with Crippen LogP contribution in [-0.2, 0) is 4.74 Å². The molecule has 0 fully saturated rings. The van der Waals surface area contributed by atoms with Gasteiger partial charge in [-0.2, -0.15) is 0 Å². The van der Waals surface area contributed by atoms with Gasteiger partial charge in [0.1, 0.15) is 0 Å². The first-order chi connectivity index (χ1) is 6.20. The lowest BCUT2D eigenvalue weighted by Gasteiger charge is -2.19. The molecule has 0 amide bonds. The van der Waals surface area contributed by atoms with Crippen molar-refractivity contribution in [3.05, 3.63) is 0 Å². The Morgan fingerprint density at radius 2 is 2.15 bits per heavy atom. The van der Waals surface area contributed by atoms with E-state index in [0.29, 0.717) is 6.42 Å². The van der Waals surface area contributed by atoms with Crippen LogP contribution >= 0.6 is 0 Å². The van der Waals surface area contributed by atoms with Crippen molar-refractivity contribution in [2.24, 2.45) is 5.73 Å². The highest BCUT2D eigenvalue weighted by Gasteiger charge is 2.01. The summed E-state index contributed by atoms with van der Waals surface area (Å²) < 4.78 is 4.99. The second kappa shape index (κ2) is 8.01. The third-order valence-corrected chi connectivity index (χ3v) is 1.98. The highest BCUT2D eigenvalue weighted by Crippen LogP contribution is 1.94. The van der Waals surface area contributed by atoms with Crippen LogP contribution in [-0.4, -0.2) is 44.1 Å². The number of nitrogens with two attached hydrogens (primary N) is 1. The van der Waals surface area contributed by atoms with Gasteiger partial charge in [-0.1, -0.05) is 6.92 Å². The van der Waals surface area contributed by atoms with Crippen LogP contribution in [0.4, 0.5) is 0 Å². The molecule has 4 heteroatoms. The van der Waals surface area contributed by atoms with Gasteiger partial charge in [-0.15, -0.1) is 0 Å². The van der Waals surface area contributed by atoms with Gasteiger partial charge in [0.25, 0.3) is 0 Å². The van der Waals surface area contributed by atoms with Crippen LogP contribution in [0.1, 0.15) is 19.8 Å². The molecule has 0 aromatic carbocycles. The lowest BCUT2D eigenvalue weighted by Crippen LogP contribution is -2.28. The molecule has 0 rings (SSSR count). The summed E-state index contributed by atoms with van der Waals surface area (Å²) in [6, 6.07) is 0. The highest BCUT2D eigenvalue weighted by molar-refractivity contribution is 5.76. The summed E-state index contributed by atoms with van der Waals surface area (Å²) in [4.78, 5) is 2.30. The molecular weight excluding hydrogens is 166 g/mol. The Kier molecular flexibility index (Phi) is 7.63. The van der Waals surface area contributed by atoms with Gasteiger partial charge in [0.05, 0.1) is 12.4 Å². The van der Waals surface area contributed by atoms with E-state index in [-0.39, 0.29) is 5.84 Å². The summed E-state index contributed by atoms with van der Waals surface area (Å²) in [5.74, 6) is 0.280. The molecule has 0 aliphatic heterocycles. The SMILES string of the molecule is CCN(CCCC(=N)N)CCOC. The molecule has 4 nitrogen and oxygen atoms in total. The van der Waals surface area contributed by atoms with E-state index in [0.717, 1.165) is 32.7 Å². The number of amidine groups is 1. The Bertz CT molecular complexity index is 139. The first-order valence-electron chi connectivity index (χ1n) is 4.74. The monoisotopic (exact) mass is 187 g/mol. The molecule has 0 saturated heterocycles. The van der Waals surface area contributed by atoms with Gasteiger partial charge in [0, 0.05) is 20.1 Å². The van der Waals surface area contributed by atoms with Gasteiger partial charge in [-0.25, -0.2) is 0 Å². The van der Waals surface area contributed by atoms with Crippen LogP contribution in [0.2, 0.25) is 0 Å². The van der Waals surface area contributed by atoms with E-state index in [4.69, 9.17) is 15.9 Å². The zero-order valence-corrected chi connectivity index (χ0v) is 8.68. The largest absolute Gasteiger partial charge is 0.388 e. The Morgan fingerprint density at radius 1 is 1.46 bits per heavy atom. The van der Waals surface area contributed by atoms with E-state index in [1.165, 1.54) is 0 Å². The number of ether oxygens (including phenoxy) is 1. The lowest BCUT2D eigenvalue weighted by molar-refractivity contribution is 0.150. The second-order valence-electron chi connectivity index (χ2n) is 3.06. The molecule has 0 spiro atoms. The molecule has 0 saturated carbocycles. The average molecular weight is 187 g/mol. The van der Waals surface area contributed by atoms with E-state index in [1.54, 1.807) is 7.11 Å². The van der Waals surface area contributed by atoms with Gasteiger partial charge in [0.2, 0.25) is 0 Å². The number of likely N-dealkylation sites (N-methyl/N-ethyl adjacent to an activating group) is 1. The van der Waals surface area contributed by atoms with Crippen molar-refractivity contribution < 1.29 is 4.74 Å². The van der Waals surface area contributed by atoms with Crippen molar-refractivity contribution in [2.75, 3.05) is 33.4 Å². The number of nitrogens with one attached hydrogen (secondary N) is 1. The minimum Gasteiger partial charge on any atom is -0.388 e. The molecule has 0 aliphatic rings. The van der Waals surface area contributed by atoms with Gasteiger partial charge >= 0.3 is 0 Å². The third kappa shape index (κ3) is 7.74. The average Bonchev–Trinajstić information content (AvgIpc) is 2.10. The molecule has 0 radical (unpaired) electrons. The number of nitrogens with zero attached hydrogens (tertiary/aromatic N) is 1. The fraction of sp³-hybridized carbons (Fsp3) is 0.889. The predicted octanol–water partition coefficient (Wildman–Crippen LogP) is 0.671. The smallest absolute Gasteiger partial charge is 0.0905 e. The van der Waals surface area contributed by atoms with E-state index < -0.39 is 0 Å². The van der Waals surface area contributed by atoms with Gasteiger partial charge in [-0.3, -0.25) is 5.41 Å². The first-order valence-corrected chi connectivity index (χ1v) is 4.74. The maximum absolute atomic E-state index is 7.07. The molecule has 0 aliphatic carbocycles.